The van der Waals surface area contributed by atoms with Crippen LogP contribution in [0.1, 0.15) is 25.6 Å². The van der Waals surface area contributed by atoms with Crippen LogP contribution in [-0.2, 0) is 21.3 Å². The number of aromatic nitrogens is 4. The van der Waals surface area contributed by atoms with Gasteiger partial charge >= 0.3 is 0 Å². The van der Waals surface area contributed by atoms with Crippen molar-refractivity contribution >= 4 is 16.0 Å². The third-order valence-corrected chi connectivity index (χ3v) is 5.17. The molecule has 2 aromatic rings. The summed E-state index contributed by atoms with van der Waals surface area (Å²) >= 11 is 0. The van der Waals surface area contributed by atoms with Gasteiger partial charge in [0, 0.05) is 31.5 Å². The summed E-state index contributed by atoms with van der Waals surface area (Å²) in [7, 11) is -3.68. The summed E-state index contributed by atoms with van der Waals surface area (Å²) < 4.78 is 34.3. The van der Waals surface area contributed by atoms with E-state index in [1.54, 1.807) is 16.8 Å². The molecule has 1 fully saturated rings. The lowest BCUT2D eigenvalue weighted by molar-refractivity contribution is 0.122. The second kappa shape index (κ2) is 7.46. The Morgan fingerprint density at radius 1 is 1.28 bits per heavy atom. The molecular weight excluding hydrogens is 344 g/mol. The molecule has 1 aliphatic rings. The maximum absolute atomic E-state index is 12.4. The van der Waals surface area contributed by atoms with Crippen molar-refractivity contribution in [2.75, 3.05) is 31.2 Å². The molecule has 0 unspecified atom stereocenters. The Labute approximate surface area is 147 Å². The van der Waals surface area contributed by atoms with Crippen molar-refractivity contribution in [3.05, 3.63) is 30.5 Å². The number of nitrogens with one attached hydrogen (secondary N) is 1. The maximum atomic E-state index is 12.4. The Balaban J connectivity index is 1.67. The molecule has 1 saturated heterocycles. The van der Waals surface area contributed by atoms with Gasteiger partial charge in [-0.25, -0.2) is 28.1 Å². The van der Waals surface area contributed by atoms with Gasteiger partial charge in [0.05, 0.1) is 31.8 Å². The molecular formula is C15H22N6O3S. The molecule has 3 rings (SSSR count). The molecule has 0 atom stereocenters. The summed E-state index contributed by atoms with van der Waals surface area (Å²) in [6.45, 7) is 6.72. The smallest absolute Gasteiger partial charge is 0.259 e. The molecule has 10 heteroatoms. The van der Waals surface area contributed by atoms with Gasteiger partial charge in [-0.3, -0.25) is 0 Å². The molecule has 1 N–H and O–H groups in total. The lowest BCUT2D eigenvalue weighted by atomic mass is 10.4. The Morgan fingerprint density at radius 2 is 2.04 bits per heavy atom. The highest BCUT2D eigenvalue weighted by atomic mass is 32.2. The van der Waals surface area contributed by atoms with Gasteiger partial charge in [0.25, 0.3) is 10.0 Å². The summed E-state index contributed by atoms with van der Waals surface area (Å²) in [6, 6.07) is 1.84. The van der Waals surface area contributed by atoms with Crippen molar-refractivity contribution in [3.63, 3.8) is 0 Å². The van der Waals surface area contributed by atoms with E-state index in [0.29, 0.717) is 24.9 Å². The number of rotatable bonds is 6. The van der Waals surface area contributed by atoms with Crippen LogP contribution in [-0.4, -0.2) is 54.2 Å². The topological polar surface area (TPSA) is 102 Å². The van der Waals surface area contributed by atoms with E-state index in [1.807, 2.05) is 18.7 Å². The zero-order chi connectivity index (χ0) is 17.9. The Morgan fingerprint density at radius 3 is 2.72 bits per heavy atom. The molecule has 0 radical (unpaired) electrons. The number of morpholine rings is 1. The number of ether oxygens (including phenoxy) is 1. The highest BCUT2D eigenvalue weighted by molar-refractivity contribution is 7.89. The third kappa shape index (κ3) is 4.33. The van der Waals surface area contributed by atoms with E-state index in [4.69, 9.17) is 4.74 Å². The van der Waals surface area contributed by atoms with E-state index in [-0.39, 0.29) is 17.6 Å². The average molecular weight is 366 g/mol. The summed E-state index contributed by atoms with van der Waals surface area (Å²) in [6.07, 6.45) is 4.67. The van der Waals surface area contributed by atoms with Crippen molar-refractivity contribution in [1.82, 2.24) is 24.2 Å². The molecule has 0 aliphatic carbocycles. The quantitative estimate of drug-likeness (QED) is 0.797. The number of sulfonamides is 1. The van der Waals surface area contributed by atoms with Crippen LogP contribution in [0.2, 0.25) is 0 Å². The standard InChI is InChI=1S/C15H22N6O3S/c1-12(2)21-10-14(17-11-21)25(22,23)18-9-13-3-4-16-15(19-13)20-5-7-24-8-6-20/h3-4,10-12,18H,5-9H2,1-2H3. The van der Waals surface area contributed by atoms with Crippen LogP contribution in [0.15, 0.2) is 29.8 Å². The summed E-state index contributed by atoms with van der Waals surface area (Å²) in [5.74, 6) is 0.587. The minimum atomic E-state index is -3.68. The zero-order valence-corrected chi connectivity index (χ0v) is 15.1. The fraction of sp³-hybridized carbons (Fsp3) is 0.533. The minimum absolute atomic E-state index is 0.00339. The first kappa shape index (κ1) is 17.8. The van der Waals surface area contributed by atoms with E-state index in [0.717, 1.165) is 13.1 Å². The van der Waals surface area contributed by atoms with E-state index in [1.165, 1.54) is 12.5 Å². The van der Waals surface area contributed by atoms with Gasteiger partial charge < -0.3 is 14.2 Å². The number of nitrogens with zero attached hydrogens (tertiary/aromatic N) is 5. The van der Waals surface area contributed by atoms with Gasteiger partial charge in [0.1, 0.15) is 0 Å². The molecule has 9 nitrogen and oxygen atoms in total. The second-order valence-corrected chi connectivity index (χ2v) is 7.74. The normalized spacial score (nSPS) is 15.7. The average Bonchev–Trinajstić information content (AvgIpc) is 3.13. The van der Waals surface area contributed by atoms with E-state index in [9.17, 15) is 8.42 Å². The van der Waals surface area contributed by atoms with Crippen molar-refractivity contribution < 1.29 is 13.2 Å². The minimum Gasteiger partial charge on any atom is -0.378 e. The van der Waals surface area contributed by atoms with Gasteiger partial charge in [0.15, 0.2) is 5.03 Å². The first-order valence-corrected chi connectivity index (χ1v) is 9.62. The summed E-state index contributed by atoms with van der Waals surface area (Å²) in [4.78, 5) is 14.7. The van der Waals surface area contributed by atoms with E-state index < -0.39 is 10.0 Å². The first-order valence-electron chi connectivity index (χ1n) is 8.13. The van der Waals surface area contributed by atoms with Crippen molar-refractivity contribution in [1.29, 1.82) is 0 Å². The fourth-order valence-electron chi connectivity index (χ4n) is 2.38. The number of anilines is 1. The maximum Gasteiger partial charge on any atom is 0.259 e. The Bertz CT molecular complexity index is 814. The molecule has 0 spiro atoms. The van der Waals surface area contributed by atoms with Crippen LogP contribution >= 0.6 is 0 Å². The monoisotopic (exact) mass is 366 g/mol. The molecule has 136 valence electrons. The lowest BCUT2D eigenvalue weighted by Gasteiger charge is -2.26. The number of hydrogen-bond acceptors (Lipinski definition) is 7. The van der Waals surface area contributed by atoms with E-state index >= 15 is 0 Å². The molecule has 0 amide bonds. The molecule has 0 bridgehead atoms. The fourth-order valence-corrected chi connectivity index (χ4v) is 3.31. The van der Waals surface area contributed by atoms with Crippen LogP contribution in [0.3, 0.4) is 0 Å². The van der Waals surface area contributed by atoms with Gasteiger partial charge in [-0.2, -0.15) is 0 Å². The van der Waals surface area contributed by atoms with E-state index in [2.05, 4.69) is 19.7 Å². The van der Waals surface area contributed by atoms with Crippen molar-refractivity contribution in [2.24, 2.45) is 0 Å². The van der Waals surface area contributed by atoms with Crippen LogP contribution in [0.5, 0.6) is 0 Å². The zero-order valence-electron chi connectivity index (χ0n) is 14.3. The highest BCUT2D eigenvalue weighted by Gasteiger charge is 2.19. The van der Waals surface area contributed by atoms with Gasteiger partial charge in [0.2, 0.25) is 5.95 Å². The second-order valence-electron chi connectivity index (χ2n) is 6.02. The Hall–Kier alpha value is -2.04. The third-order valence-electron chi connectivity index (χ3n) is 3.89. The molecule has 0 aromatic carbocycles. The SMILES string of the molecule is CC(C)n1cnc(S(=O)(=O)NCc2ccnc(N3CCOCC3)n2)c1. The van der Waals surface area contributed by atoms with Crippen LogP contribution in [0.4, 0.5) is 5.95 Å². The van der Waals surface area contributed by atoms with Crippen LogP contribution in [0.25, 0.3) is 0 Å². The number of hydrogen-bond donors (Lipinski definition) is 1. The predicted molar refractivity (Wildman–Crippen MR) is 91.7 cm³/mol. The van der Waals surface area contributed by atoms with Gasteiger partial charge in [-0.1, -0.05) is 0 Å². The summed E-state index contributed by atoms with van der Waals surface area (Å²) in [5, 5.41) is 0.00339. The predicted octanol–water partition coefficient (Wildman–Crippen LogP) is 0.569. The van der Waals surface area contributed by atoms with Crippen LogP contribution < -0.4 is 9.62 Å². The molecule has 3 heterocycles. The Kier molecular flexibility index (Phi) is 5.30. The summed E-state index contributed by atoms with van der Waals surface area (Å²) in [5.41, 5.74) is 0.600. The first-order chi connectivity index (χ1) is 12.0. The molecule has 1 aliphatic heterocycles. The highest BCUT2D eigenvalue weighted by Crippen LogP contribution is 2.12. The molecule has 2 aromatic heterocycles. The van der Waals surface area contributed by atoms with Gasteiger partial charge in [-0.05, 0) is 19.9 Å². The molecule has 25 heavy (non-hydrogen) atoms. The van der Waals surface area contributed by atoms with Crippen molar-refractivity contribution in [2.45, 2.75) is 31.5 Å². The largest absolute Gasteiger partial charge is 0.378 e. The number of imidazole rings is 1. The van der Waals surface area contributed by atoms with Crippen LogP contribution in [0, 0.1) is 0 Å². The van der Waals surface area contributed by atoms with Gasteiger partial charge in [-0.15, -0.1) is 0 Å². The van der Waals surface area contributed by atoms with Crippen molar-refractivity contribution in [3.8, 4) is 0 Å². The molecule has 0 saturated carbocycles. The lowest BCUT2D eigenvalue weighted by Crippen LogP contribution is -2.37.